The predicted octanol–water partition coefficient (Wildman–Crippen LogP) is 2.84. The van der Waals surface area contributed by atoms with Crippen LogP contribution in [0.4, 0.5) is 11.4 Å². The molecule has 0 heterocycles. The summed E-state index contributed by atoms with van der Waals surface area (Å²) < 4.78 is 37.4. The maximum Gasteiger partial charge on any atom is 0.338 e. The molecule has 0 unspecified atom stereocenters. The van der Waals surface area contributed by atoms with Crippen LogP contribution in [-0.4, -0.2) is 45.0 Å². The molecule has 10 nitrogen and oxygen atoms in total. The topological polar surface area (TPSA) is 133 Å². The second-order valence-electron chi connectivity index (χ2n) is 6.24. The van der Waals surface area contributed by atoms with Crippen molar-refractivity contribution in [1.82, 2.24) is 0 Å². The van der Waals surface area contributed by atoms with Crippen molar-refractivity contribution in [3.63, 3.8) is 0 Å². The number of benzene rings is 2. The van der Waals surface area contributed by atoms with Gasteiger partial charge in [0.2, 0.25) is 0 Å². The largest absolute Gasteiger partial charge is 0.465 e. The Balaban J connectivity index is 2.65. The summed E-state index contributed by atoms with van der Waals surface area (Å²) in [7, 11) is -4.42. The highest BCUT2D eigenvalue weighted by molar-refractivity contribution is 7.92. The van der Waals surface area contributed by atoms with Crippen LogP contribution < -0.4 is 4.31 Å². The fourth-order valence-corrected chi connectivity index (χ4v) is 4.34. The van der Waals surface area contributed by atoms with Crippen molar-refractivity contribution in [2.24, 2.45) is 0 Å². The van der Waals surface area contributed by atoms with Crippen molar-refractivity contribution in [2.45, 2.75) is 25.7 Å². The van der Waals surface area contributed by atoms with Crippen LogP contribution in [0.3, 0.4) is 0 Å². The molecule has 2 rings (SSSR count). The van der Waals surface area contributed by atoms with Crippen LogP contribution in [0.2, 0.25) is 0 Å². The van der Waals surface area contributed by atoms with Crippen LogP contribution >= 0.6 is 0 Å². The molecule has 11 heteroatoms. The van der Waals surface area contributed by atoms with Crippen LogP contribution in [0.5, 0.6) is 0 Å². The Morgan fingerprint density at radius 3 is 2.32 bits per heavy atom. The molecule has 0 N–H and O–H groups in total. The Kier molecular flexibility index (Phi) is 7.70. The summed E-state index contributed by atoms with van der Waals surface area (Å²) in [5, 5.41) is 11.1. The second kappa shape index (κ2) is 10.0. The molecule has 0 amide bonds. The van der Waals surface area contributed by atoms with E-state index in [9.17, 15) is 28.1 Å². The quantitative estimate of drug-likeness (QED) is 0.323. The maximum atomic E-state index is 13.4. The van der Waals surface area contributed by atoms with Gasteiger partial charge in [0.25, 0.3) is 15.7 Å². The minimum atomic E-state index is -4.42. The smallest absolute Gasteiger partial charge is 0.338 e. The number of nitrogens with zero attached hydrogens (tertiary/aromatic N) is 2. The minimum Gasteiger partial charge on any atom is -0.465 e. The SMILES string of the molecule is CCOC(=O)CN(c1cccc(C(=O)OCC)c1C)S(=O)(=O)c1cccc([N+](=O)[O-])c1. The normalized spacial score (nSPS) is 10.9. The van der Waals surface area contributed by atoms with Gasteiger partial charge < -0.3 is 9.47 Å². The number of nitro benzene ring substituents is 1. The van der Waals surface area contributed by atoms with E-state index in [1.54, 1.807) is 13.8 Å². The summed E-state index contributed by atoms with van der Waals surface area (Å²) in [6.45, 7) is 4.20. The number of anilines is 1. The zero-order chi connectivity index (χ0) is 23.2. The molecule has 166 valence electrons. The molecule has 31 heavy (non-hydrogen) atoms. The van der Waals surface area contributed by atoms with Gasteiger partial charge in [0.1, 0.15) is 6.54 Å². The first-order valence-corrected chi connectivity index (χ1v) is 10.8. The average molecular weight is 450 g/mol. The van der Waals surface area contributed by atoms with Crippen LogP contribution in [0, 0.1) is 17.0 Å². The molecule has 0 aliphatic heterocycles. The standard InChI is InChI=1S/C20H22N2O8S/c1-4-29-19(23)13-21(18-11-7-10-17(14(18)3)20(24)30-5-2)31(27,28)16-9-6-8-15(12-16)22(25)26/h6-12H,4-5,13H2,1-3H3. The van der Waals surface area contributed by atoms with Gasteiger partial charge in [-0.1, -0.05) is 12.1 Å². The summed E-state index contributed by atoms with van der Waals surface area (Å²) in [6, 6.07) is 8.82. The lowest BCUT2D eigenvalue weighted by molar-refractivity contribution is -0.385. The number of non-ortho nitro benzene ring substituents is 1. The highest BCUT2D eigenvalue weighted by Gasteiger charge is 2.31. The number of rotatable bonds is 9. The van der Waals surface area contributed by atoms with Crippen molar-refractivity contribution in [1.29, 1.82) is 0 Å². The molecule has 0 fully saturated rings. The first kappa shape index (κ1) is 23.8. The molecule has 0 aliphatic rings. The summed E-state index contributed by atoms with van der Waals surface area (Å²) in [6.07, 6.45) is 0. The summed E-state index contributed by atoms with van der Waals surface area (Å²) in [5.41, 5.74) is 0.0148. The fourth-order valence-electron chi connectivity index (χ4n) is 2.83. The predicted molar refractivity (Wildman–Crippen MR) is 111 cm³/mol. The molecule has 2 aromatic carbocycles. The van der Waals surface area contributed by atoms with Crippen molar-refractivity contribution >= 4 is 33.3 Å². The molecule has 0 spiro atoms. The lowest BCUT2D eigenvalue weighted by Crippen LogP contribution is -2.37. The van der Waals surface area contributed by atoms with Crippen molar-refractivity contribution in [3.05, 3.63) is 63.7 Å². The van der Waals surface area contributed by atoms with Crippen molar-refractivity contribution < 1.29 is 32.4 Å². The fraction of sp³-hybridized carbons (Fsp3) is 0.300. The van der Waals surface area contributed by atoms with E-state index in [0.717, 1.165) is 16.4 Å². The molecule has 0 aromatic heterocycles. The van der Waals surface area contributed by atoms with Gasteiger partial charge >= 0.3 is 11.9 Å². The van der Waals surface area contributed by atoms with E-state index in [0.29, 0.717) is 0 Å². The number of sulfonamides is 1. The molecular formula is C20H22N2O8S. The zero-order valence-corrected chi connectivity index (χ0v) is 18.0. The van der Waals surface area contributed by atoms with Crippen molar-refractivity contribution in [2.75, 3.05) is 24.1 Å². The van der Waals surface area contributed by atoms with Gasteiger partial charge in [0, 0.05) is 12.1 Å². The van der Waals surface area contributed by atoms with E-state index in [4.69, 9.17) is 9.47 Å². The Hall–Kier alpha value is -3.47. The van der Waals surface area contributed by atoms with E-state index in [-0.39, 0.29) is 34.9 Å². The van der Waals surface area contributed by atoms with Gasteiger partial charge in [-0.2, -0.15) is 0 Å². The number of esters is 2. The molecule has 0 aliphatic carbocycles. The van der Waals surface area contributed by atoms with Gasteiger partial charge in [-0.3, -0.25) is 19.2 Å². The van der Waals surface area contributed by atoms with Gasteiger partial charge in [0.15, 0.2) is 0 Å². The lowest BCUT2D eigenvalue weighted by Gasteiger charge is -2.26. The third-order valence-corrected chi connectivity index (χ3v) is 6.02. The average Bonchev–Trinajstić information content (AvgIpc) is 2.73. The molecule has 0 radical (unpaired) electrons. The molecule has 0 saturated carbocycles. The van der Waals surface area contributed by atoms with Crippen LogP contribution in [0.25, 0.3) is 0 Å². The summed E-state index contributed by atoms with van der Waals surface area (Å²) in [5.74, 6) is -1.47. The maximum absolute atomic E-state index is 13.4. The molecule has 0 saturated heterocycles. The number of nitro groups is 1. The number of carbonyl (C=O) groups is 2. The van der Waals surface area contributed by atoms with Gasteiger partial charge in [0.05, 0.1) is 34.3 Å². The van der Waals surface area contributed by atoms with Gasteiger partial charge in [-0.25, -0.2) is 13.2 Å². The number of hydrogen-bond donors (Lipinski definition) is 0. The van der Waals surface area contributed by atoms with Crippen molar-refractivity contribution in [3.8, 4) is 0 Å². The highest BCUT2D eigenvalue weighted by Crippen LogP contribution is 2.30. The van der Waals surface area contributed by atoms with Gasteiger partial charge in [-0.15, -0.1) is 0 Å². The minimum absolute atomic E-state index is 0.0331. The Morgan fingerprint density at radius 1 is 1.06 bits per heavy atom. The van der Waals surface area contributed by atoms with Crippen LogP contribution in [0.1, 0.15) is 29.8 Å². The summed E-state index contributed by atoms with van der Waals surface area (Å²) >= 11 is 0. The molecule has 2 aromatic rings. The number of ether oxygens (including phenoxy) is 2. The van der Waals surface area contributed by atoms with Crippen LogP contribution in [0.15, 0.2) is 47.4 Å². The third-order valence-electron chi connectivity index (χ3n) is 4.26. The monoisotopic (exact) mass is 450 g/mol. The summed E-state index contributed by atoms with van der Waals surface area (Å²) in [4.78, 5) is 34.4. The van der Waals surface area contributed by atoms with Crippen LogP contribution in [-0.2, 0) is 24.3 Å². The van der Waals surface area contributed by atoms with E-state index in [1.807, 2.05) is 0 Å². The number of carbonyl (C=O) groups excluding carboxylic acids is 2. The lowest BCUT2D eigenvalue weighted by atomic mass is 10.1. The number of hydrogen-bond acceptors (Lipinski definition) is 8. The zero-order valence-electron chi connectivity index (χ0n) is 17.2. The first-order valence-electron chi connectivity index (χ1n) is 9.33. The first-order chi connectivity index (χ1) is 14.6. The Labute approximate surface area is 179 Å². The van der Waals surface area contributed by atoms with Gasteiger partial charge in [-0.05, 0) is 44.5 Å². The Morgan fingerprint density at radius 2 is 1.71 bits per heavy atom. The highest BCUT2D eigenvalue weighted by atomic mass is 32.2. The molecular weight excluding hydrogens is 428 g/mol. The van der Waals surface area contributed by atoms with E-state index < -0.39 is 39.1 Å². The Bertz CT molecular complexity index is 1100. The molecule has 0 atom stereocenters. The second-order valence-corrected chi connectivity index (χ2v) is 8.10. The van der Waals surface area contributed by atoms with E-state index in [1.165, 1.54) is 37.3 Å². The third kappa shape index (κ3) is 5.37. The van der Waals surface area contributed by atoms with E-state index in [2.05, 4.69) is 0 Å². The molecule has 0 bridgehead atoms. The van der Waals surface area contributed by atoms with E-state index >= 15 is 0 Å².